The molecule has 0 aliphatic rings. The fraction of sp³-hybridized carbons (Fsp3) is 0. The monoisotopic (exact) mass is 423 g/mol. The second kappa shape index (κ2) is 7.92. The molecule has 0 bridgehead atoms. The first-order valence-corrected chi connectivity index (χ1v) is 11.0. The molecule has 156 valence electrons. The van der Waals surface area contributed by atoms with Gasteiger partial charge in [-0.05, 0) is 62.6 Å². The standard InChI is InChI=1S/C31H21NO/c33-29-16-8-7-15-28(29)31(32-25-18-17-21-9-1-2-10-22(21)20-25)30-26-13-5-3-11-23(26)19-24-12-4-6-14-27(24)30/h1-20,33H. The number of hydrogen-bond acceptors (Lipinski definition) is 2. The Morgan fingerprint density at radius 2 is 1.09 bits per heavy atom. The summed E-state index contributed by atoms with van der Waals surface area (Å²) in [5.74, 6) is 0.217. The molecule has 0 spiro atoms. The summed E-state index contributed by atoms with van der Waals surface area (Å²) in [7, 11) is 0. The van der Waals surface area contributed by atoms with Crippen LogP contribution in [0.1, 0.15) is 11.1 Å². The van der Waals surface area contributed by atoms with Crippen molar-refractivity contribution >= 4 is 43.7 Å². The van der Waals surface area contributed by atoms with Gasteiger partial charge in [-0.2, -0.15) is 0 Å². The zero-order chi connectivity index (χ0) is 22.2. The lowest BCUT2D eigenvalue weighted by Gasteiger charge is -2.16. The van der Waals surface area contributed by atoms with Crippen LogP contribution >= 0.6 is 0 Å². The normalized spacial score (nSPS) is 11.9. The van der Waals surface area contributed by atoms with Crippen molar-refractivity contribution in [1.29, 1.82) is 0 Å². The SMILES string of the molecule is Oc1ccccc1C(=Nc1ccc2ccccc2c1)c1c2ccccc2cc2ccccc12. The molecule has 0 radical (unpaired) electrons. The van der Waals surface area contributed by atoms with E-state index in [0.717, 1.165) is 43.9 Å². The third-order valence-electron chi connectivity index (χ3n) is 6.14. The van der Waals surface area contributed by atoms with E-state index in [2.05, 4.69) is 78.9 Å². The Kier molecular flexibility index (Phi) is 4.63. The first-order chi connectivity index (χ1) is 16.3. The van der Waals surface area contributed by atoms with Crippen LogP contribution in [-0.2, 0) is 0 Å². The van der Waals surface area contributed by atoms with Gasteiger partial charge in [-0.15, -0.1) is 0 Å². The van der Waals surface area contributed by atoms with E-state index < -0.39 is 0 Å². The van der Waals surface area contributed by atoms with Gasteiger partial charge in [0, 0.05) is 11.1 Å². The van der Waals surface area contributed by atoms with Crippen LogP contribution in [0.25, 0.3) is 32.3 Å². The van der Waals surface area contributed by atoms with Crippen LogP contribution in [0.3, 0.4) is 0 Å². The summed E-state index contributed by atoms with van der Waals surface area (Å²) < 4.78 is 0. The Balaban J connectivity index is 1.72. The van der Waals surface area contributed by atoms with E-state index in [-0.39, 0.29) is 5.75 Å². The molecular weight excluding hydrogens is 402 g/mol. The average Bonchev–Trinajstić information content (AvgIpc) is 2.86. The van der Waals surface area contributed by atoms with Gasteiger partial charge in [-0.3, -0.25) is 0 Å². The highest BCUT2D eigenvalue weighted by atomic mass is 16.3. The lowest BCUT2D eigenvalue weighted by atomic mass is 9.90. The highest BCUT2D eigenvalue weighted by Crippen LogP contribution is 2.34. The number of aliphatic imine (C=N–C) groups is 1. The molecule has 6 aromatic rings. The molecule has 0 fully saturated rings. The minimum atomic E-state index is 0.217. The van der Waals surface area contributed by atoms with Crippen molar-refractivity contribution in [3.8, 4) is 5.75 Å². The van der Waals surface area contributed by atoms with Gasteiger partial charge in [0.15, 0.2) is 0 Å². The Labute approximate surface area is 192 Å². The van der Waals surface area contributed by atoms with Gasteiger partial charge >= 0.3 is 0 Å². The molecule has 0 heterocycles. The van der Waals surface area contributed by atoms with Crippen LogP contribution in [0.4, 0.5) is 5.69 Å². The predicted molar refractivity (Wildman–Crippen MR) is 139 cm³/mol. The van der Waals surface area contributed by atoms with E-state index in [1.54, 1.807) is 6.07 Å². The number of benzene rings is 6. The molecule has 2 heteroatoms. The second-order valence-electron chi connectivity index (χ2n) is 8.20. The van der Waals surface area contributed by atoms with Crippen molar-refractivity contribution < 1.29 is 5.11 Å². The smallest absolute Gasteiger partial charge is 0.124 e. The van der Waals surface area contributed by atoms with Crippen LogP contribution in [0.2, 0.25) is 0 Å². The second-order valence-corrected chi connectivity index (χ2v) is 8.20. The van der Waals surface area contributed by atoms with E-state index >= 15 is 0 Å². The summed E-state index contributed by atoms with van der Waals surface area (Å²) in [4.78, 5) is 5.17. The van der Waals surface area contributed by atoms with Crippen LogP contribution in [0.15, 0.2) is 126 Å². The summed E-state index contributed by atoms with van der Waals surface area (Å²) >= 11 is 0. The molecule has 6 rings (SSSR count). The molecule has 0 aliphatic heterocycles. The minimum Gasteiger partial charge on any atom is -0.507 e. The van der Waals surface area contributed by atoms with Gasteiger partial charge in [-0.25, -0.2) is 4.99 Å². The van der Waals surface area contributed by atoms with Gasteiger partial charge in [0.2, 0.25) is 0 Å². The summed E-state index contributed by atoms with van der Waals surface area (Å²) in [6.45, 7) is 0. The molecule has 2 nitrogen and oxygen atoms in total. The Morgan fingerprint density at radius 1 is 0.515 bits per heavy atom. The molecule has 0 aliphatic carbocycles. The van der Waals surface area contributed by atoms with E-state index in [9.17, 15) is 5.11 Å². The van der Waals surface area contributed by atoms with Gasteiger partial charge in [0.05, 0.1) is 11.4 Å². The molecule has 0 atom stereocenters. The maximum absolute atomic E-state index is 10.9. The number of rotatable bonds is 3. The number of phenolic OH excluding ortho intramolecular Hbond substituents is 1. The largest absolute Gasteiger partial charge is 0.507 e. The predicted octanol–water partition coefficient (Wildman–Crippen LogP) is 8.02. The Hall–Kier alpha value is -4.43. The first-order valence-electron chi connectivity index (χ1n) is 11.0. The van der Waals surface area contributed by atoms with Crippen molar-refractivity contribution in [1.82, 2.24) is 0 Å². The van der Waals surface area contributed by atoms with Gasteiger partial charge in [0.25, 0.3) is 0 Å². The van der Waals surface area contributed by atoms with Crippen molar-refractivity contribution in [2.75, 3.05) is 0 Å². The van der Waals surface area contributed by atoms with Gasteiger partial charge in [0.1, 0.15) is 5.75 Å². The fourth-order valence-electron chi connectivity index (χ4n) is 4.57. The first kappa shape index (κ1) is 19.3. The molecule has 33 heavy (non-hydrogen) atoms. The number of nitrogens with zero attached hydrogens (tertiary/aromatic N) is 1. The quantitative estimate of drug-likeness (QED) is 0.227. The number of fused-ring (bicyclic) bond motifs is 3. The molecular formula is C31H21NO. The summed E-state index contributed by atoms with van der Waals surface area (Å²) in [5, 5.41) is 17.7. The van der Waals surface area contributed by atoms with E-state index in [0.29, 0.717) is 5.56 Å². The maximum Gasteiger partial charge on any atom is 0.124 e. The highest BCUT2D eigenvalue weighted by molar-refractivity contribution is 6.28. The molecule has 6 aromatic carbocycles. The molecule has 0 aromatic heterocycles. The van der Waals surface area contributed by atoms with Crippen molar-refractivity contribution in [2.45, 2.75) is 0 Å². The summed E-state index contributed by atoms with van der Waals surface area (Å²) in [6.07, 6.45) is 0. The van der Waals surface area contributed by atoms with E-state index in [1.165, 1.54) is 5.39 Å². The number of phenols is 1. The van der Waals surface area contributed by atoms with E-state index in [1.807, 2.05) is 36.4 Å². The number of hydrogen-bond donors (Lipinski definition) is 1. The third kappa shape index (κ3) is 3.42. The van der Waals surface area contributed by atoms with Gasteiger partial charge < -0.3 is 5.11 Å². The van der Waals surface area contributed by atoms with Crippen LogP contribution < -0.4 is 0 Å². The molecule has 0 unspecified atom stereocenters. The molecule has 0 saturated carbocycles. The van der Waals surface area contributed by atoms with Crippen molar-refractivity contribution in [2.24, 2.45) is 4.99 Å². The summed E-state index contributed by atoms with van der Waals surface area (Å²) in [6, 6.07) is 40.9. The van der Waals surface area contributed by atoms with Crippen LogP contribution in [-0.4, -0.2) is 10.8 Å². The molecule has 1 N–H and O–H groups in total. The van der Waals surface area contributed by atoms with Crippen LogP contribution in [0, 0.1) is 0 Å². The molecule has 0 saturated heterocycles. The topological polar surface area (TPSA) is 32.6 Å². The lowest BCUT2D eigenvalue weighted by molar-refractivity contribution is 0.474. The minimum absolute atomic E-state index is 0.217. The number of para-hydroxylation sites is 1. The summed E-state index contributed by atoms with van der Waals surface area (Å²) in [5.41, 5.74) is 3.35. The molecule has 0 amide bonds. The van der Waals surface area contributed by atoms with Crippen molar-refractivity contribution in [3.05, 3.63) is 132 Å². The Bertz CT molecular complexity index is 1630. The van der Waals surface area contributed by atoms with Gasteiger partial charge in [-0.1, -0.05) is 91.0 Å². The third-order valence-corrected chi connectivity index (χ3v) is 6.14. The highest BCUT2D eigenvalue weighted by Gasteiger charge is 2.18. The number of aromatic hydroxyl groups is 1. The van der Waals surface area contributed by atoms with E-state index in [4.69, 9.17) is 4.99 Å². The Morgan fingerprint density at radius 3 is 1.79 bits per heavy atom. The fourth-order valence-corrected chi connectivity index (χ4v) is 4.57. The lowest BCUT2D eigenvalue weighted by Crippen LogP contribution is -2.06. The zero-order valence-electron chi connectivity index (χ0n) is 17.9. The maximum atomic E-state index is 10.9. The zero-order valence-corrected chi connectivity index (χ0v) is 17.9. The van der Waals surface area contributed by atoms with Crippen LogP contribution in [0.5, 0.6) is 5.75 Å². The average molecular weight is 424 g/mol. The van der Waals surface area contributed by atoms with Crippen molar-refractivity contribution in [3.63, 3.8) is 0 Å².